The molecule has 0 aliphatic rings. The van der Waals surface area contributed by atoms with Crippen molar-refractivity contribution in [2.75, 3.05) is 20.1 Å². The first-order valence-corrected chi connectivity index (χ1v) is 7.59. The van der Waals surface area contributed by atoms with E-state index in [0.29, 0.717) is 0 Å². The zero-order valence-electron chi connectivity index (χ0n) is 12.8. The minimum atomic E-state index is 0.814. The van der Waals surface area contributed by atoms with Crippen LogP contribution in [-0.2, 0) is 6.54 Å². The van der Waals surface area contributed by atoms with Gasteiger partial charge in [0.15, 0.2) is 0 Å². The summed E-state index contributed by atoms with van der Waals surface area (Å²) in [7, 11) is 2.16. The second kappa shape index (κ2) is 9.16. The van der Waals surface area contributed by atoms with E-state index in [-0.39, 0.29) is 0 Å². The molecular formula is C16H30N2O. The van der Waals surface area contributed by atoms with Gasteiger partial charge in [-0.1, -0.05) is 19.8 Å². The highest BCUT2D eigenvalue weighted by molar-refractivity contribution is 5.05. The summed E-state index contributed by atoms with van der Waals surface area (Å²) in [4.78, 5) is 2.34. The molecule has 0 saturated heterocycles. The molecule has 0 aromatic carbocycles. The van der Waals surface area contributed by atoms with Crippen LogP contribution in [0.15, 0.2) is 16.5 Å². The van der Waals surface area contributed by atoms with E-state index in [0.717, 1.165) is 37.1 Å². The summed E-state index contributed by atoms with van der Waals surface area (Å²) in [5.74, 6) is 2.87. The van der Waals surface area contributed by atoms with Crippen LogP contribution in [0.4, 0.5) is 0 Å². The maximum absolute atomic E-state index is 5.67. The van der Waals surface area contributed by atoms with Crippen molar-refractivity contribution in [2.24, 2.45) is 11.7 Å². The van der Waals surface area contributed by atoms with Crippen LogP contribution in [0.25, 0.3) is 0 Å². The highest BCUT2D eigenvalue weighted by atomic mass is 16.3. The monoisotopic (exact) mass is 266 g/mol. The standard InChI is InChI=1S/C16H30N2O/c1-4-6-15(10-11-17)7-5-12-18(3)13-16-9-8-14(2)19-16/h8-9,15H,4-7,10-13,17H2,1-3H3. The van der Waals surface area contributed by atoms with E-state index in [4.69, 9.17) is 10.2 Å². The van der Waals surface area contributed by atoms with Crippen molar-refractivity contribution in [2.45, 2.75) is 52.5 Å². The molecule has 1 heterocycles. The molecule has 0 radical (unpaired) electrons. The summed E-state index contributed by atoms with van der Waals surface area (Å²) < 4.78 is 5.60. The van der Waals surface area contributed by atoms with Crippen LogP contribution < -0.4 is 5.73 Å². The second-order valence-electron chi connectivity index (χ2n) is 5.62. The Kier molecular flexibility index (Phi) is 7.84. The van der Waals surface area contributed by atoms with Gasteiger partial charge in [-0.05, 0) is 64.4 Å². The van der Waals surface area contributed by atoms with Gasteiger partial charge in [0.1, 0.15) is 11.5 Å². The first-order chi connectivity index (χ1) is 9.15. The minimum Gasteiger partial charge on any atom is -0.465 e. The Bertz CT molecular complexity index is 329. The molecule has 19 heavy (non-hydrogen) atoms. The summed E-state index contributed by atoms with van der Waals surface area (Å²) in [5.41, 5.74) is 5.67. The predicted octanol–water partition coefficient (Wildman–Crippen LogP) is 3.57. The van der Waals surface area contributed by atoms with Gasteiger partial charge in [0.25, 0.3) is 0 Å². The molecule has 3 heteroatoms. The molecule has 0 saturated carbocycles. The maximum atomic E-state index is 5.67. The molecule has 0 bridgehead atoms. The lowest BCUT2D eigenvalue weighted by atomic mass is 9.94. The van der Waals surface area contributed by atoms with Gasteiger partial charge in [-0.15, -0.1) is 0 Å². The molecule has 1 aromatic rings. The number of nitrogens with two attached hydrogens (primary N) is 1. The van der Waals surface area contributed by atoms with Gasteiger partial charge in [0.05, 0.1) is 6.54 Å². The maximum Gasteiger partial charge on any atom is 0.118 e. The van der Waals surface area contributed by atoms with Crippen LogP contribution in [0.1, 0.15) is 50.5 Å². The average molecular weight is 266 g/mol. The van der Waals surface area contributed by atoms with Crippen molar-refractivity contribution in [3.8, 4) is 0 Å². The Morgan fingerprint density at radius 3 is 2.63 bits per heavy atom. The summed E-state index contributed by atoms with van der Waals surface area (Å²) in [6.07, 6.45) is 6.31. The van der Waals surface area contributed by atoms with Crippen molar-refractivity contribution in [3.05, 3.63) is 23.7 Å². The molecule has 110 valence electrons. The molecule has 3 nitrogen and oxygen atoms in total. The van der Waals surface area contributed by atoms with E-state index < -0.39 is 0 Å². The number of nitrogens with zero attached hydrogens (tertiary/aromatic N) is 1. The first-order valence-electron chi connectivity index (χ1n) is 7.59. The van der Waals surface area contributed by atoms with Crippen molar-refractivity contribution in [1.82, 2.24) is 4.90 Å². The van der Waals surface area contributed by atoms with Gasteiger partial charge in [-0.25, -0.2) is 0 Å². The third-order valence-corrected chi connectivity index (χ3v) is 3.65. The number of furan rings is 1. The molecule has 1 aromatic heterocycles. The summed E-state index contributed by atoms with van der Waals surface area (Å²) in [6.45, 7) is 7.11. The smallest absolute Gasteiger partial charge is 0.118 e. The van der Waals surface area contributed by atoms with E-state index in [9.17, 15) is 0 Å². The van der Waals surface area contributed by atoms with Crippen LogP contribution in [-0.4, -0.2) is 25.0 Å². The molecule has 0 aliphatic carbocycles. The quantitative estimate of drug-likeness (QED) is 0.704. The average Bonchev–Trinajstić information content (AvgIpc) is 2.75. The fourth-order valence-corrected chi connectivity index (χ4v) is 2.64. The molecule has 0 aliphatic heterocycles. The predicted molar refractivity (Wildman–Crippen MR) is 81.1 cm³/mol. The number of rotatable bonds is 10. The van der Waals surface area contributed by atoms with Crippen LogP contribution in [0, 0.1) is 12.8 Å². The fourth-order valence-electron chi connectivity index (χ4n) is 2.64. The van der Waals surface area contributed by atoms with Gasteiger partial charge in [-0.3, -0.25) is 4.90 Å². The Labute approximate surface area is 118 Å². The highest BCUT2D eigenvalue weighted by Gasteiger charge is 2.08. The molecule has 0 spiro atoms. The first kappa shape index (κ1) is 16.3. The van der Waals surface area contributed by atoms with Crippen LogP contribution in [0.3, 0.4) is 0 Å². The van der Waals surface area contributed by atoms with Crippen molar-refractivity contribution in [1.29, 1.82) is 0 Å². The topological polar surface area (TPSA) is 42.4 Å². The third kappa shape index (κ3) is 6.79. The zero-order chi connectivity index (χ0) is 14.1. The Morgan fingerprint density at radius 2 is 2.05 bits per heavy atom. The summed E-state index contributed by atoms with van der Waals surface area (Å²) >= 11 is 0. The SMILES string of the molecule is CCCC(CCN)CCCN(C)Cc1ccc(C)o1. The van der Waals surface area contributed by atoms with E-state index in [2.05, 4.69) is 24.9 Å². The van der Waals surface area contributed by atoms with Gasteiger partial charge in [0, 0.05) is 0 Å². The van der Waals surface area contributed by atoms with E-state index in [1.54, 1.807) is 0 Å². The Morgan fingerprint density at radius 1 is 1.26 bits per heavy atom. The molecule has 0 fully saturated rings. The fraction of sp³-hybridized carbons (Fsp3) is 0.750. The van der Waals surface area contributed by atoms with E-state index in [1.165, 1.54) is 32.1 Å². The molecule has 1 atom stereocenters. The minimum absolute atomic E-state index is 0.814. The van der Waals surface area contributed by atoms with Crippen LogP contribution >= 0.6 is 0 Å². The molecule has 1 unspecified atom stereocenters. The lowest BCUT2D eigenvalue weighted by Crippen LogP contribution is -2.20. The molecule has 2 N–H and O–H groups in total. The molecule has 1 rings (SSSR count). The normalized spacial score (nSPS) is 13.1. The number of hydrogen-bond acceptors (Lipinski definition) is 3. The van der Waals surface area contributed by atoms with E-state index in [1.807, 2.05) is 13.0 Å². The Hall–Kier alpha value is -0.800. The molecule has 0 amide bonds. The summed E-state index contributed by atoms with van der Waals surface area (Å²) in [5, 5.41) is 0. The van der Waals surface area contributed by atoms with Gasteiger partial charge in [0.2, 0.25) is 0 Å². The van der Waals surface area contributed by atoms with Crippen LogP contribution in [0.2, 0.25) is 0 Å². The van der Waals surface area contributed by atoms with Crippen molar-refractivity contribution >= 4 is 0 Å². The molecular weight excluding hydrogens is 236 g/mol. The highest BCUT2D eigenvalue weighted by Crippen LogP contribution is 2.17. The summed E-state index contributed by atoms with van der Waals surface area (Å²) in [6, 6.07) is 4.10. The second-order valence-corrected chi connectivity index (χ2v) is 5.62. The lowest BCUT2D eigenvalue weighted by molar-refractivity contribution is 0.274. The number of aryl methyl sites for hydroxylation is 1. The number of hydrogen-bond donors (Lipinski definition) is 1. The van der Waals surface area contributed by atoms with Gasteiger partial charge in [-0.2, -0.15) is 0 Å². The zero-order valence-corrected chi connectivity index (χ0v) is 12.8. The van der Waals surface area contributed by atoms with Crippen molar-refractivity contribution < 1.29 is 4.42 Å². The Balaban J connectivity index is 2.20. The lowest BCUT2D eigenvalue weighted by Gasteiger charge is -2.18. The van der Waals surface area contributed by atoms with Crippen molar-refractivity contribution in [3.63, 3.8) is 0 Å². The van der Waals surface area contributed by atoms with E-state index >= 15 is 0 Å². The third-order valence-electron chi connectivity index (χ3n) is 3.65. The largest absolute Gasteiger partial charge is 0.465 e. The van der Waals surface area contributed by atoms with Gasteiger partial charge >= 0.3 is 0 Å². The van der Waals surface area contributed by atoms with Crippen LogP contribution in [0.5, 0.6) is 0 Å². The van der Waals surface area contributed by atoms with Gasteiger partial charge < -0.3 is 10.2 Å².